The third-order valence-corrected chi connectivity index (χ3v) is 6.27. The third-order valence-electron chi connectivity index (χ3n) is 6.01. The summed E-state index contributed by atoms with van der Waals surface area (Å²) < 4.78 is 38.0. The predicted octanol–water partition coefficient (Wildman–Crippen LogP) is 6.35. The second-order valence-corrected chi connectivity index (χ2v) is 9.95. The van der Waals surface area contributed by atoms with Gasteiger partial charge in [-0.05, 0) is 19.3 Å². The van der Waals surface area contributed by atoms with Gasteiger partial charge in [-0.25, -0.2) is 0 Å². The SMILES string of the molecule is CCCCCCCCCCCC(=O)OCCOCCOCCOCCOCCOCCOCCCCCCCl. The molecule has 0 saturated carbocycles. The molecule has 0 aromatic heterocycles. The van der Waals surface area contributed by atoms with E-state index in [-0.39, 0.29) is 5.97 Å². The van der Waals surface area contributed by atoms with Crippen LogP contribution in [0.2, 0.25) is 0 Å². The fourth-order valence-corrected chi connectivity index (χ4v) is 3.91. The van der Waals surface area contributed by atoms with Gasteiger partial charge in [0.15, 0.2) is 0 Å². The van der Waals surface area contributed by atoms with Crippen molar-refractivity contribution in [2.24, 2.45) is 0 Å². The van der Waals surface area contributed by atoms with Gasteiger partial charge < -0.3 is 33.2 Å². The molecular weight excluding hydrogens is 524 g/mol. The molecule has 0 saturated heterocycles. The van der Waals surface area contributed by atoms with Crippen molar-refractivity contribution in [1.29, 1.82) is 0 Å². The molecule has 0 heterocycles. The Balaban J connectivity index is 3.11. The van der Waals surface area contributed by atoms with Crippen molar-refractivity contribution in [3.8, 4) is 0 Å². The van der Waals surface area contributed by atoms with Gasteiger partial charge in [0.25, 0.3) is 0 Å². The Hall–Kier alpha value is -0.480. The number of carbonyl (C=O) groups excluding carboxylic acids is 1. The molecule has 0 amide bonds. The van der Waals surface area contributed by atoms with Crippen LogP contribution in [0, 0.1) is 0 Å². The highest BCUT2D eigenvalue weighted by molar-refractivity contribution is 6.17. The lowest BCUT2D eigenvalue weighted by atomic mass is 10.1. The van der Waals surface area contributed by atoms with E-state index in [1.54, 1.807) is 0 Å². The smallest absolute Gasteiger partial charge is 0.305 e. The predicted molar refractivity (Wildman–Crippen MR) is 157 cm³/mol. The van der Waals surface area contributed by atoms with Crippen molar-refractivity contribution < 1.29 is 38.0 Å². The van der Waals surface area contributed by atoms with Crippen LogP contribution in [-0.4, -0.2) is 97.7 Å². The maximum absolute atomic E-state index is 11.7. The van der Waals surface area contributed by atoms with Crippen LogP contribution in [-0.2, 0) is 38.0 Å². The molecule has 0 unspecified atom stereocenters. The Morgan fingerprint density at radius 3 is 1.26 bits per heavy atom. The van der Waals surface area contributed by atoms with E-state index in [9.17, 15) is 4.79 Å². The van der Waals surface area contributed by atoms with Crippen LogP contribution >= 0.6 is 11.6 Å². The molecule has 0 fully saturated rings. The quantitative estimate of drug-likeness (QED) is 0.0493. The van der Waals surface area contributed by atoms with Gasteiger partial charge in [-0.3, -0.25) is 4.79 Å². The summed E-state index contributed by atoms with van der Waals surface area (Å²) in [5, 5.41) is 0. The summed E-state index contributed by atoms with van der Waals surface area (Å²) in [6.07, 6.45) is 16.2. The Kier molecular flexibility index (Phi) is 35.1. The number of hydrogen-bond donors (Lipinski definition) is 0. The van der Waals surface area contributed by atoms with Crippen molar-refractivity contribution in [3.05, 3.63) is 0 Å². The first-order chi connectivity index (χ1) is 19.3. The van der Waals surface area contributed by atoms with E-state index < -0.39 is 0 Å². The van der Waals surface area contributed by atoms with Crippen LogP contribution in [0.1, 0.15) is 96.8 Å². The summed E-state index contributed by atoms with van der Waals surface area (Å²) in [6.45, 7) is 9.07. The largest absolute Gasteiger partial charge is 0.463 e. The fraction of sp³-hybridized carbons (Fsp3) is 0.967. The van der Waals surface area contributed by atoms with E-state index in [1.165, 1.54) is 57.8 Å². The summed E-state index contributed by atoms with van der Waals surface area (Å²) in [6, 6.07) is 0. The molecule has 0 N–H and O–H groups in total. The molecule has 0 aliphatic heterocycles. The first-order valence-corrected chi connectivity index (χ1v) is 16.0. The number of rotatable bonds is 34. The maximum atomic E-state index is 11.7. The van der Waals surface area contributed by atoms with Crippen LogP contribution in [0.3, 0.4) is 0 Å². The monoisotopic (exact) mass is 582 g/mol. The number of unbranched alkanes of at least 4 members (excludes halogenated alkanes) is 11. The van der Waals surface area contributed by atoms with Crippen LogP contribution < -0.4 is 0 Å². The Morgan fingerprint density at radius 1 is 0.436 bits per heavy atom. The van der Waals surface area contributed by atoms with Gasteiger partial charge in [0.2, 0.25) is 0 Å². The van der Waals surface area contributed by atoms with Crippen LogP contribution in [0.4, 0.5) is 0 Å². The number of halogens is 1. The van der Waals surface area contributed by atoms with Gasteiger partial charge in [-0.15, -0.1) is 11.6 Å². The average molecular weight is 583 g/mol. The molecule has 0 radical (unpaired) electrons. The van der Waals surface area contributed by atoms with Crippen molar-refractivity contribution in [2.45, 2.75) is 96.8 Å². The standard InChI is InChI=1S/C30H59ClO8/c1-2-3-4-5-6-7-8-9-12-15-30(32)39-29-28-38-27-26-37-25-24-36-23-22-35-21-20-34-19-18-33-17-14-11-10-13-16-31/h2-29H2,1H3. The number of hydrogen-bond acceptors (Lipinski definition) is 8. The zero-order valence-corrected chi connectivity index (χ0v) is 25.7. The lowest BCUT2D eigenvalue weighted by molar-refractivity contribution is -0.145. The molecule has 0 aromatic carbocycles. The zero-order valence-electron chi connectivity index (χ0n) is 24.9. The van der Waals surface area contributed by atoms with Crippen molar-refractivity contribution in [2.75, 3.05) is 91.8 Å². The number of alkyl halides is 1. The molecule has 0 aromatic rings. The first-order valence-electron chi connectivity index (χ1n) is 15.5. The minimum absolute atomic E-state index is 0.128. The average Bonchev–Trinajstić information content (AvgIpc) is 2.94. The number of carbonyl (C=O) groups is 1. The van der Waals surface area contributed by atoms with Gasteiger partial charge >= 0.3 is 5.97 Å². The Bertz CT molecular complexity index is 470. The molecule has 0 bridgehead atoms. The summed E-state index contributed by atoms with van der Waals surface area (Å²) in [5.74, 6) is 0.618. The molecule has 8 nitrogen and oxygen atoms in total. The molecule has 234 valence electrons. The minimum atomic E-state index is -0.128. The van der Waals surface area contributed by atoms with E-state index in [2.05, 4.69) is 6.92 Å². The lowest BCUT2D eigenvalue weighted by Gasteiger charge is -2.08. The first kappa shape index (κ1) is 38.5. The number of esters is 1. The highest BCUT2D eigenvalue weighted by Crippen LogP contribution is 2.10. The zero-order chi connectivity index (χ0) is 28.3. The highest BCUT2D eigenvalue weighted by atomic mass is 35.5. The fourth-order valence-electron chi connectivity index (χ4n) is 3.72. The summed E-state index contributed by atoms with van der Waals surface area (Å²) >= 11 is 5.65. The minimum Gasteiger partial charge on any atom is -0.463 e. The molecule has 39 heavy (non-hydrogen) atoms. The molecule has 0 aliphatic carbocycles. The molecule has 0 spiro atoms. The van der Waals surface area contributed by atoms with E-state index in [4.69, 9.17) is 44.8 Å². The van der Waals surface area contributed by atoms with E-state index in [1.807, 2.05) is 0 Å². The molecule has 0 atom stereocenters. The van der Waals surface area contributed by atoms with Crippen molar-refractivity contribution in [3.63, 3.8) is 0 Å². The molecule has 0 rings (SSSR count). The normalized spacial score (nSPS) is 11.3. The topological polar surface area (TPSA) is 81.7 Å². The maximum Gasteiger partial charge on any atom is 0.305 e. The van der Waals surface area contributed by atoms with E-state index in [0.717, 1.165) is 38.2 Å². The second kappa shape index (κ2) is 35.5. The summed E-state index contributed by atoms with van der Waals surface area (Å²) in [5.41, 5.74) is 0. The van der Waals surface area contributed by atoms with Gasteiger partial charge in [0, 0.05) is 18.9 Å². The Labute approximate surface area is 244 Å². The summed E-state index contributed by atoms with van der Waals surface area (Å²) in [4.78, 5) is 11.7. The van der Waals surface area contributed by atoms with Gasteiger partial charge in [0.1, 0.15) is 6.61 Å². The van der Waals surface area contributed by atoms with Gasteiger partial charge in [0.05, 0.1) is 72.7 Å². The molecule has 0 aliphatic rings. The van der Waals surface area contributed by atoms with Crippen LogP contribution in [0.5, 0.6) is 0 Å². The van der Waals surface area contributed by atoms with Crippen molar-refractivity contribution in [1.82, 2.24) is 0 Å². The molecule has 9 heteroatoms. The highest BCUT2D eigenvalue weighted by Gasteiger charge is 2.02. The summed E-state index contributed by atoms with van der Waals surface area (Å²) in [7, 11) is 0. The second-order valence-electron chi connectivity index (χ2n) is 9.58. The van der Waals surface area contributed by atoms with Crippen LogP contribution in [0.25, 0.3) is 0 Å². The lowest BCUT2D eigenvalue weighted by Crippen LogP contribution is -2.15. The Morgan fingerprint density at radius 2 is 0.795 bits per heavy atom. The van der Waals surface area contributed by atoms with E-state index >= 15 is 0 Å². The van der Waals surface area contributed by atoms with Gasteiger partial charge in [-0.2, -0.15) is 0 Å². The van der Waals surface area contributed by atoms with E-state index in [0.29, 0.717) is 85.7 Å². The third kappa shape index (κ3) is 35.5. The van der Waals surface area contributed by atoms with Crippen LogP contribution in [0.15, 0.2) is 0 Å². The van der Waals surface area contributed by atoms with Gasteiger partial charge in [-0.1, -0.05) is 71.1 Å². The molecular formula is C30H59ClO8. The van der Waals surface area contributed by atoms with Crippen molar-refractivity contribution >= 4 is 17.6 Å². The number of ether oxygens (including phenoxy) is 7.